The van der Waals surface area contributed by atoms with Crippen LogP contribution in [0.25, 0.3) is 0 Å². The van der Waals surface area contributed by atoms with Crippen molar-refractivity contribution in [2.45, 2.75) is 101 Å². The number of aryl methyl sites for hydroxylation is 1. The molecule has 0 fully saturated rings. The molecule has 0 bridgehead atoms. The Morgan fingerprint density at radius 1 is 0.795 bits per heavy atom. The standard InChI is InChI=1S/C29H50N2O7S/c1-8-9-10-12-24(34-3)19-26(36-5)21-28(38-7)22-27(37-6)20-25(35-4)13-11-18-30-31-39(32,33)29-16-14-23(2)15-17-29/h11,13-18,24-28,31H,8-10,12,19-22H2,1-7H3/b13-11+,30-18+/t24-,25+,26-,27+,28-/m1/s1. The second-order valence-electron chi connectivity index (χ2n) is 9.71. The van der Waals surface area contributed by atoms with Crippen LogP contribution in [0.1, 0.15) is 63.9 Å². The number of hydrogen-bond acceptors (Lipinski definition) is 8. The van der Waals surface area contributed by atoms with Gasteiger partial charge in [-0.2, -0.15) is 13.5 Å². The highest BCUT2D eigenvalue weighted by molar-refractivity contribution is 7.89. The van der Waals surface area contributed by atoms with E-state index in [9.17, 15) is 8.42 Å². The first-order valence-electron chi connectivity index (χ1n) is 13.6. The first-order valence-corrected chi connectivity index (χ1v) is 15.1. The molecule has 10 heteroatoms. The molecule has 224 valence electrons. The van der Waals surface area contributed by atoms with E-state index < -0.39 is 10.0 Å². The van der Waals surface area contributed by atoms with Gasteiger partial charge in [-0.05, 0) is 50.8 Å². The lowest BCUT2D eigenvalue weighted by Gasteiger charge is -2.28. The zero-order valence-electron chi connectivity index (χ0n) is 24.8. The van der Waals surface area contributed by atoms with Crippen LogP contribution < -0.4 is 4.83 Å². The molecule has 1 aromatic carbocycles. The van der Waals surface area contributed by atoms with Crippen LogP contribution >= 0.6 is 0 Å². The van der Waals surface area contributed by atoms with Crippen LogP contribution in [0.4, 0.5) is 0 Å². The van der Waals surface area contributed by atoms with Crippen molar-refractivity contribution in [2.75, 3.05) is 35.5 Å². The summed E-state index contributed by atoms with van der Waals surface area (Å²) in [7, 11) is 4.79. The number of hydrogen-bond donors (Lipinski definition) is 1. The summed E-state index contributed by atoms with van der Waals surface area (Å²) < 4.78 is 53.2. The molecule has 5 atom stereocenters. The normalized spacial score (nSPS) is 16.4. The summed E-state index contributed by atoms with van der Waals surface area (Å²) in [5.74, 6) is 0. The van der Waals surface area contributed by atoms with E-state index in [2.05, 4.69) is 16.9 Å². The molecule has 0 aliphatic rings. The fraction of sp³-hybridized carbons (Fsp3) is 0.690. The number of ether oxygens (including phenoxy) is 5. The molecule has 0 spiro atoms. The lowest BCUT2D eigenvalue weighted by atomic mass is 9.97. The van der Waals surface area contributed by atoms with Crippen LogP contribution in [0, 0.1) is 6.92 Å². The van der Waals surface area contributed by atoms with Crippen molar-refractivity contribution in [3.05, 3.63) is 42.0 Å². The highest BCUT2D eigenvalue weighted by Gasteiger charge is 2.24. The number of rotatable bonds is 22. The van der Waals surface area contributed by atoms with E-state index in [-0.39, 0.29) is 35.4 Å². The monoisotopic (exact) mass is 570 g/mol. The van der Waals surface area contributed by atoms with Gasteiger partial charge in [-0.25, -0.2) is 4.83 Å². The molecule has 0 saturated heterocycles. The first-order chi connectivity index (χ1) is 18.7. The van der Waals surface area contributed by atoms with E-state index in [1.54, 1.807) is 65.9 Å². The quantitative estimate of drug-likeness (QED) is 0.118. The van der Waals surface area contributed by atoms with E-state index in [1.807, 2.05) is 13.0 Å². The van der Waals surface area contributed by atoms with Crippen LogP contribution in [0.5, 0.6) is 0 Å². The Morgan fingerprint density at radius 3 is 1.85 bits per heavy atom. The molecule has 9 nitrogen and oxygen atoms in total. The molecule has 1 N–H and O–H groups in total. The van der Waals surface area contributed by atoms with Crippen LogP contribution in [0.15, 0.2) is 46.4 Å². The van der Waals surface area contributed by atoms with Gasteiger partial charge in [-0.1, -0.05) is 50.0 Å². The van der Waals surface area contributed by atoms with Gasteiger partial charge in [0.25, 0.3) is 10.0 Å². The maximum atomic E-state index is 12.3. The molecule has 0 aromatic heterocycles. The molecule has 0 unspecified atom stereocenters. The minimum atomic E-state index is -3.72. The Kier molecular flexibility index (Phi) is 18.2. The number of sulfonamides is 1. The minimum absolute atomic E-state index is 0.0250. The lowest BCUT2D eigenvalue weighted by molar-refractivity contribution is -0.0395. The minimum Gasteiger partial charge on any atom is -0.381 e. The van der Waals surface area contributed by atoms with E-state index in [0.717, 1.165) is 31.2 Å². The predicted molar refractivity (Wildman–Crippen MR) is 156 cm³/mol. The highest BCUT2D eigenvalue weighted by atomic mass is 32.2. The molecule has 1 rings (SSSR count). The molecular weight excluding hydrogens is 520 g/mol. The average molecular weight is 571 g/mol. The topological polar surface area (TPSA) is 105 Å². The van der Waals surface area contributed by atoms with E-state index in [4.69, 9.17) is 23.7 Å². The zero-order valence-corrected chi connectivity index (χ0v) is 25.6. The van der Waals surface area contributed by atoms with Gasteiger partial charge in [-0.3, -0.25) is 0 Å². The number of nitrogens with zero attached hydrogens (tertiary/aromatic N) is 1. The number of allylic oxidation sites excluding steroid dienone is 1. The van der Waals surface area contributed by atoms with Crippen LogP contribution in [0.2, 0.25) is 0 Å². The van der Waals surface area contributed by atoms with Crippen LogP contribution in [0.3, 0.4) is 0 Å². The number of methoxy groups -OCH3 is 5. The van der Waals surface area contributed by atoms with Crippen molar-refractivity contribution in [3.8, 4) is 0 Å². The molecule has 0 aliphatic heterocycles. The number of benzene rings is 1. The predicted octanol–water partition coefficient (Wildman–Crippen LogP) is 5.03. The maximum absolute atomic E-state index is 12.3. The Hall–Kier alpha value is -1.82. The number of unbranched alkanes of at least 4 members (excludes halogenated alkanes) is 2. The van der Waals surface area contributed by atoms with E-state index in [1.165, 1.54) is 19.1 Å². The van der Waals surface area contributed by atoms with Gasteiger partial charge in [0.05, 0.1) is 35.4 Å². The second-order valence-corrected chi connectivity index (χ2v) is 11.4. The summed E-state index contributed by atoms with van der Waals surface area (Å²) in [5, 5.41) is 3.82. The molecule has 0 amide bonds. The Labute approximate surface area is 236 Å². The molecule has 0 heterocycles. The summed E-state index contributed by atoms with van der Waals surface area (Å²) in [6.45, 7) is 4.09. The molecule has 1 aromatic rings. The van der Waals surface area contributed by atoms with E-state index in [0.29, 0.717) is 12.8 Å². The van der Waals surface area contributed by atoms with Crippen molar-refractivity contribution in [3.63, 3.8) is 0 Å². The molecule has 0 saturated carbocycles. The Morgan fingerprint density at radius 2 is 1.33 bits per heavy atom. The summed E-state index contributed by atoms with van der Waals surface area (Å²) in [6.07, 6.45) is 12.0. The van der Waals surface area contributed by atoms with Gasteiger partial charge in [0, 0.05) is 48.2 Å². The lowest BCUT2D eigenvalue weighted by Crippen LogP contribution is -2.31. The largest absolute Gasteiger partial charge is 0.381 e. The fourth-order valence-electron chi connectivity index (χ4n) is 4.30. The van der Waals surface area contributed by atoms with Crippen LogP contribution in [-0.4, -0.2) is 80.7 Å². The van der Waals surface area contributed by atoms with Crippen molar-refractivity contribution < 1.29 is 32.1 Å². The van der Waals surface area contributed by atoms with Gasteiger partial charge in [-0.15, -0.1) is 0 Å². The van der Waals surface area contributed by atoms with E-state index >= 15 is 0 Å². The number of nitrogens with one attached hydrogen (secondary N) is 1. The maximum Gasteiger partial charge on any atom is 0.276 e. The third-order valence-corrected chi connectivity index (χ3v) is 8.07. The second kappa shape index (κ2) is 20.1. The fourth-order valence-corrected chi connectivity index (χ4v) is 5.10. The Bertz CT molecular complexity index is 922. The van der Waals surface area contributed by atoms with Gasteiger partial charge >= 0.3 is 0 Å². The SMILES string of the molecule is CCCCC[C@H](C[C@H](C[C@H](C[C@H](C[C@H](/C=C/C=N/NS(=O)(=O)c1ccc(C)cc1)OC)OC)OC)OC)OC. The Balaban J connectivity index is 2.64. The molecule has 39 heavy (non-hydrogen) atoms. The average Bonchev–Trinajstić information content (AvgIpc) is 2.94. The molecule has 0 radical (unpaired) electrons. The highest BCUT2D eigenvalue weighted by Crippen LogP contribution is 2.21. The van der Waals surface area contributed by atoms with Gasteiger partial charge in [0.2, 0.25) is 0 Å². The molecule has 0 aliphatic carbocycles. The summed E-state index contributed by atoms with van der Waals surface area (Å²) >= 11 is 0. The zero-order chi connectivity index (χ0) is 29.1. The van der Waals surface area contributed by atoms with Gasteiger partial charge in [0.1, 0.15) is 0 Å². The smallest absolute Gasteiger partial charge is 0.276 e. The first kappa shape index (κ1) is 35.2. The molecular formula is C29H50N2O7S. The van der Waals surface area contributed by atoms with Gasteiger partial charge in [0.15, 0.2) is 0 Å². The number of hydrazone groups is 1. The van der Waals surface area contributed by atoms with Crippen molar-refractivity contribution >= 4 is 16.2 Å². The summed E-state index contributed by atoms with van der Waals surface area (Å²) in [6, 6.07) is 6.56. The third-order valence-electron chi connectivity index (χ3n) is 6.83. The van der Waals surface area contributed by atoms with Crippen molar-refractivity contribution in [2.24, 2.45) is 5.10 Å². The van der Waals surface area contributed by atoms with Crippen molar-refractivity contribution in [1.29, 1.82) is 0 Å². The summed E-state index contributed by atoms with van der Waals surface area (Å²) in [4.78, 5) is 2.37. The van der Waals surface area contributed by atoms with Crippen molar-refractivity contribution in [1.82, 2.24) is 4.83 Å². The summed E-state index contributed by atoms with van der Waals surface area (Å²) in [5.41, 5.74) is 0.980. The van der Waals surface area contributed by atoms with Crippen LogP contribution in [-0.2, 0) is 33.7 Å². The third kappa shape index (κ3) is 14.4. The van der Waals surface area contributed by atoms with Gasteiger partial charge < -0.3 is 23.7 Å².